The predicted octanol–water partition coefficient (Wildman–Crippen LogP) is 2.27. The minimum Gasteiger partial charge on any atom is -0.410 e. The van der Waals surface area contributed by atoms with Crippen LogP contribution in [0.4, 0.5) is 4.79 Å². The predicted molar refractivity (Wildman–Crippen MR) is 79.7 cm³/mol. The van der Waals surface area contributed by atoms with Crippen molar-refractivity contribution < 1.29 is 14.3 Å². The summed E-state index contributed by atoms with van der Waals surface area (Å²) < 4.78 is 5.18. The number of benzene rings is 1. The molecule has 0 saturated heterocycles. The second-order valence-corrected chi connectivity index (χ2v) is 5.39. The quantitative estimate of drug-likeness (QED) is 0.686. The van der Waals surface area contributed by atoms with Gasteiger partial charge < -0.3 is 10.1 Å². The van der Waals surface area contributed by atoms with Crippen molar-refractivity contribution in [3.63, 3.8) is 0 Å². The highest BCUT2D eigenvalue weighted by Gasteiger charge is 2.29. The van der Waals surface area contributed by atoms with Gasteiger partial charge in [0, 0.05) is 19.0 Å². The summed E-state index contributed by atoms with van der Waals surface area (Å²) in [6.07, 6.45) is 4.10. The van der Waals surface area contributed by atoms with Crippen molar-refractivity contribution in [3.05, 3.63) is 30.3 Å². The van der Waals surface area contributed by atoms with E-state index in [0.29, 0.717) is 31.4 Å². The average molecular weight is 301 g/mol. The summed E-state index contributed by atoms with van der Waals surface area (Å²) in [4.78, 5) is 24.8. The van der Waals surface area contributed by atoms with E-state index >= 15 is 0 Å². The molecule has 0 heterocycles. The van der Waals surface area contributed by atoms with Crippen molar-refractivity contribution in [3.8, 4) is 11.9 Å². The number of para-hydroxylation sites is 1. The minimum atomic E-state index is -0.477. The highest BCUT2D eigenvalue weighted by molar-refractivity contribution is 5.80. The standard InChI is InChI=1S/C16H19N3O3/c1-19(11-17)15(20)12-7-9-13(10-8-12)18-16(21)22-14-5-3-2-4-6-14/h2-6,12-13H,7-10H2,1H3,(H,18,21)/t12-,13-. The van der Waals surface area contributed by atoms with Crippen molar-refractivity contribution in [1.82, 2.24) is 10.2 Å². The van der Waals surface area contributed by atoms with Crippen LogP contribution in [0.5, 0.6) is 5.75 Å². The lowest BCUT2D eigenvalue weighted by atomic mass is 9.85. The number of nitriles is 1. The molecule has 1 N–H and O–H groups in total. The van der Waals surface area contributed by atoms with E-state index in [0.717, 1.165) is 4.90 Å². The first kappa shape index (κ1) is 15.8. The third-order valence-corrected chi connectivity index (χ3v) is 3.83. The number of nitrogens with zero attached hydrogens (tertiary/aromatic N) is 2. The molecule has 0 atom stereocenters. The Balaban J connectivity index is 1.77. The maximum absolute atomic E-state index is 11.9. The van der Waals surface area contributed by atoms with Gasteiger partial charge in [-0.25, -0.2) is 4.79 Å². The van der Waals surface area contributed by atoms with E-state index in [-0.39, 0.29) is 17.9 Å². The molecule has 22 heavy (non-hydrogen) atoms. The largest absolute Gasteiger partial charge is 0.412 e. The molecule has 1 aliphatic rings. The Labute approximate surface area is 129 Å². The van der Waals surface area contributed by atoms with Crippen LogP contribution in [0, 0.1) is 17.4 Å². The molecule has 6 nitrogen and oxygen atoms in total. The van der Waals surface area contributed by atoms with Crippen LogP contribution in [0.1, 0.15) is 25.7 Å². The summed E-state index contributed by atoms with van der Waals surface area (Å²) in [5.41, 5.74) is 0. The highest BCUT2D eigenvalue weighted by Crippen LogP contribution is 2.25. The second-order valence-electron chi connectivity index (χ2n) is 5.39. The van der Waals surface area contributed by atoms with Gasteiger partial charge in [-0.05, 0) is 37.8 Å². The molecule has 1 aromatic rings. The van der Waals surface area contributed by atoms with Crippen LogP contribution in [0.15, 0.2) is 30.3 Å². The fourth-order valence-corrected chi connectivity index (χ4v) is 2.60. The molecule has 2 rings (SSSR count). The summed E-state index contributed by atoms with van der Waals surface area (Å²) >= 11 is 0. The van der Waals surface area contributed by atoms with Crippen molar-refractivity contribution in [1.29, 1.82) is 5.26 Å². The molecule has 6 heteroatoms. The van der Waals surface area contributed by atoms with Gasteiger partial charge in [0.15, 0.2) is 6.19 Å². The van der Waals surface area contributed by atoms with Gasteiger partial charge in [-0.15, -0.1) is 0 Å². The normalized spacial score (nSPS) is 20.5. The van der Waals surface area contributed by atoms with Crippen molar-refractivity contribution >= 4 is 12.0 Å². The van der Waals surface area contributed by atoms with Gasteiger partial charge in [0.2, 0.25) is 5.91 Å². The number of amides is 2. The number of carbonyl (C=O) groups excluding carboxylic acids is 2. The zero-order valence-corrected chi connectivity index (χ0v) is 12.5. The molecule has 0 radical (unpaired) electrons. The van der Waals surface area contributed by atoms with Gasteiger partial charge in [-0.2, -0.15) is 5.26 Å². The molecule has 116 valence electrons. The molecule has 1 aliphatic carbocycles. The van der Waals surface area contributed by atoms with Crippen molar-refractivity contribution in [2.24, 2.45) is 5.92 Å². The Morgan fingerprint density at radius 2 is 1.86 bits per heavy atom. The van der Waals surface area contributed by atoms with Gasteiger partial charge >= 0.3 is 6.09 Å². The number of rotatable bonds is 3. The van der Waals surface area contributed by atoms with Crippen LogP contribution in [0.25, 0.3) is 0 Å². The minimum absolute atomic E-state index is 0.00709. The molecule has 1 fully saturated rings. The maximum Gasteiger partial charge on any atom is 0.412 e. The maximum atomic E-state index is 11.9. The number of ether oxygens (including phenoxy) is 1. The first-order valence-corrected chi connectivity index (χ1v) is 7.31. The van der Waals surface area contributed by atoms with Gasteiger partial charge in [0.25, 0.3) is 0 Å². The van der Waals surface area contributed by atoms with Crippen LogP contribution >= 0.6 is 0 Å². The summed E-state index contributed by atoms with van der Waals surface area (Å²) in [7, 11) is 1.48. The van der Waals surface area contributed by atoms with Gasteiger partial charge in [-0.1, -0.05) is 18.2 Å². The SMILES string of the molecule is CN(C#N)C(=O)[C@H]1CC[C@H](NC(=O)Oc2ccccc2)CC1. The van der Waals surface area contributed by atoms with E-state index in [9.17, 15) is 9.59 Å². The number of carbonyl (C=O) groups is 2. The molecular formula is C16H19N3O3. The van der Waals surface area contributed by atoms with Crippen molar-refractivity contribution in [2.45, 2.75) is 31.7 Å². The summed E-state index contributed by atoms with van der Waals surface area (Å²) in [5, 5.41) is 11.5. The van der Waals surface area contributed by atoms with E-state index in [1.165, 1.54) is 7.05 Å². The molecule has 0 spiro atoms. The van der Waals surface area contributed by atoms with Crippen LogP contribution < -0.4 is 10.1 Å². The Morgan fingerprint density at radius 3 is 2.45 bits per heavy atom. The molecule has 0 bridgehead atoms. The van der Waals surface area contributed by atoms with E-state index in [1.807, 2.05) is 12.3 Å². The van der Waals surface area contributed by atoms with Crippen LogP contribution in [0.2, 0.25) is 0 Å². The summed E-state index contributed by atoms with van der Waals surface area (Å²) in [6, 6.07) is 8.88. The molecule has 0 aromatic heterocycles. The molecule has 0 unspecified atom stereocenters. The van der Waals surface area contributed by atoms with Gasteiger partial charge in [0.05, 0.1) is 0 Å². The Bertz CT molecular complexity index is 560. The highest BCUT2D eigenvalue weighted by atomic mass is 16.6. The smallest absolute Gasteiger partial charge is 0.410 e. The Morgan fingerprint density at radius 1 is 1.23 bits per heavy atom. The zero-order valence-electron chi connectivity index (χ0n) is 12.5. The van der Waals surface area contributed by atoms with Gasteiger partial charge in [-0.3, -0.25) is 9.69 Å². The molecule has 1 saturated carbocycles. The lowest BCUT2D eigenvalue weighted by molar-refractivity contribution is -0.132. The van der Waals surface area contributed by atoms with Crippen LogP contribution in [-0.4, -0.2) is 30.0 Å². The third-order valence-electron chi connectivity index (χ3n) is 3.83. The number of hydrogen-bond donors (Lipinski definition) is 1. The van der Waals surface area contributed by atoms with Gasteiger partial charge in [0.1, 0.15) is 5.75 Å². The first-order valence-electron chi connectivity index (χ1n) is 7.31. The third kappa shape index (κ3) is 4.22. The summed E-state index contributed by atoms with van der Waals surface area (Å²) in [6.45, 7) is 0. The lowest BCUT2D eigenvalue weighted by Gasteiger charge is -2.28. The monoisotopic (exact) mass is 301 g/mol. The molecular weight excluding hydrogens is 282 g/mol. The molecule has 2 amide bonds. The zero-order chi connectivity index (χ0) is 15.9. The Hall–Kier alpha value is -2.55. The first-order chi connectivity index (χ1) is 10.6. The van der Waals surface area contributed by atoms with E-state index in [1.54, 1.807) is 24.3 Å². The lowest BCUT2D eigenvalue weighted by Crippen LogP contribution is -2.41. The number of nitrogens with one attached hydrogen (secondary N) is 1. The average Bonchev–Trinajstić information content (AvgIpc) is 2.55. The number of hydrogen-bond acceptors (Lipinski definition) is 4. The van der Waals surface area contributed by atoms with E-state index < -0.39 is 6.09 Å². The van der Waals surface area contributed by atoms with E-state index in [2.05, 4.69) is 5.32 Å². The second kappa shape index (κ2) is 7.46. The van der Waals surface area contributed by atoms with Crippen molar-refractivity contribution in [2.75, 3.05) is 7.05 Å². The fraction of sp³-hybridized carbons (Fsp3) is 0.438. The molecule has 0 aliphatic heterocycles. The van der Waals surface area contributed by atoms with Crippen LogP contribution in [0.3, 0.4) is 0 Å². The van der Waals surface area contributed by atoms with E-state index in [4.69, 9.17) is 10.00 Å². The summed E-state index contributed by atoms with van der Waals surface area (Å²) in [5.74, 6) is 0.222. The molecule has 1 aromatic carbocycles. The topological polar surface area (TPSA) is 82.4 Å². The van der Waals surface area contributed by atoms with Crippen LogP contribution in [-0.2, 0) is 4.79 Å². The Kier molecular flexibility index (Phi) is 5.37. The fourth-order valence-electron chi connectivity index (χ4n) is 2.60.